The number of aliphatic hydroxyl groups is 1. The highest BCUT2D eigenvalue weighted by Crippen LogP contribution is 2.38. The van der Waals surface area contributed by atoms with E-state index in [1.807, 2.05) is 13.0 Å². The molecule has 5 rings (SSSR count). The predicted octanol–water partition coefficient (Wildman–Crippen LogP) is 5.66. The maximum atomic E-state index is 12.9. The Morgan fingerprint density at radius 2 is 1.89 bits per heavy atom. The summed E-state index contributed by atoms with van der Waals surface area (Å²) in [6.45, 7) is 2.33. The average molecular weight is 515 g/mol. The summed E-state index contributed by atoms with van der Waals surface area (Å²) in [5.74, 6) is 1.28. The Labute approximate surface area is 209 Å². The number of thiazole rings is 1. The molecule has 2 atom stereocenters. The molecule has 0 amide bonds. The van der Waals surface area contributed by atoms with Gasteiger partial charge < -0.3 is 15.7 Å². The zero-order chi connectivity index (χ0) is 25.3. The van der Waals surface area contributed by atoms with Crippen LogP contribution in [0.15, 0.2) is 42.7 Å². The molecule has 1 saturated carbocycles. The zero-order valence-corrected chi connectivity index (χ0v) is 20.3. The fourth-order valence-corrected chi connectivity index (χ4v) is 5.49. The molecule has 1 aromatic carbocycles. The first-order valence-corrected chi connectivity index (χ1v) is 12.5. The third-order valence-corrected chi connectivity index (χ3v) is 7.42. The number of aliphatic hydroxyl groups excluding tert-OH is 1. The molecule has 7 nitrogen and oxygen atoms in total. The number of nitrogens with zero attached hydrogens (tertiary/aromatic N) is 4. The van der Waals surface area contributed by atoms with Gasteiger partial charge in [0, 0.05) is 25.4 Å². The van der Waals surface area contributed by atoms with Gasteiger partial charge in [0.05, 0.1) is 27.7 Å². The second kappa shape index (κ2) is 9.98. The standard InChI is InChI=1S/C25H25F3N6OS/c1-14-21(23-33-19-12-29-9-8-20(19)36-23)22(32-18-7-4-16(10-18)13-35)34-24(31-14)30-11-15-2-5-17(6-3-15)25(26,27)28/h2-3,5-6,8-9,12,16,18,35H,4,7,10-11,13H2,1H3,(H2,30,31,32,34). The predicted molar refractivity (Wildman–Crippen MR) is 134 cm³/mol. The molecule has 1 aliphatic carbocycles. The monoisotopic (exact) mass is 514 g/mol. The molecule has 36 heavy (non-hydrogen) atoms. The molecule has 188 valence electrons. The number of anilines is 2. The van der Waals surface area contributed by atoms with Crippen LogP contribution in [0.4, 0.5) is 24.9 Å². The summed E-state index contributed by atoms with van der Waals surface area (Å²) in [6.07, 6.45) is 1.80. The van der Waals surface area contributed by atoms with Gasteiger partial charge in [0.15, 0.2) is 0 Å². The minimum absolute atomic E-state index is 0.161. The molecule has 1 fully saturated rings. The van der Waals surface area contributed by atoms with Crippen molar-refractivity contribution in [1.29, 1.82) is 0 Å². The van der Waals surface area contributed by atoms with Crippen molar-refractivity contribution in [3.8, 4) is 10.6 Å². The molecular formula is C25H25F3N6OS. The van der Waals surface area contributed by atoms with Crippen LogP contribution in [-0.2, 0) is 12.7 Å². The molecule has 3 heterocycles. The number of hydrogen-bond acceptors (Lipinski definition) is 8. The van der Waals surface area contributed by atoms with E-state index < -0.39 is 11.7 Å². The van der Waals surface area contributed by atoms with Gasteiger partial charge in [-0.2, -0.15) is 18.2 Å². The van der Waals surface area contributed by atoms with Crippen LogP contribution in [0, 0.1) is 12.8 Å². The van der Waals surface area contributed by atoms with Crippen LogP contribution in [0.25, 0.3) is 20.8 Å². The van der Waals surface area contributed by atoms with Crippen molar-refractivity contribution in [2.24, 2.45) is 5.92 Å². The summed E-state index contributed by atoms with van der Waals surface area (Å²) in [5.41, 5.74) is 2.34. The fraction of sp³-hybridized carbons (Fsp3) is 0.360. The van der Waals surface area contributed by atoms with Crippen LogP contribution in [-0.4, -0.2) is 37.7 Å². The SMILES string of the molecule is Cc1nc(NCc2ccc(C(F)(F)F)cc2)nc(NC2CCC(CO)C2)c1-c1nc2cnccc2s1. The Morgan fingerprint density at radius 1 is 1.08 bits per heavy atom. The molecule has 2 unspecified atom stereocenters. The van der Waals surface area contributed by atoms with Crippen LogP contribution in [0.2, 0.25) is 0 Å². The van der Waals surface area contributed by atoms with Gasteiger partial charge in [-0.25, -0.2) is 9.97 Å². The number of rotatable bonds is 7. The van der Waals surface area contributed by atoms with Gasteiger partial charge in [0.1, 0.15) is 16.3 Å². The molecule has 0 spiro atoms. The van der Waals surface area contributed by atoms with Crippen molar-refractivity contribution >= 4 is 33.3 Å². The Kier molecular flexibility index (Phi) is 6.76. The minimum atomic E-state index is -4.37. The van der Waals surface area contributed by atoms with Gasteiger partial charge in [0.2, 0.25) is 5.95 Å². The summed E-state index contributed by atoms with van der Waals surface area (Å²) >= 11 is 1.54. The molecule has 1 aliphatic rings. The lowest BCUT2D eigenvalue weighted by Gasteiger charge is -2.18. The van der Waals surface area contributed by atoms with Gasteiger partial charge in [-0.15, -0.1) is 11.3 Å². The Bertz CT molecular complexity index is 1330. The highest BCUT2D eigenvalue weighted by Gasteiger charge is 2.30. The molecule has 0 bridgehead atoms. The number of nitrogens with one attached hydrogen (secondary N) is 2. The van der Waals surface area contributed by atoms with Crippen molar-refractivity contribution in [2.75, 3.05) is 17.2 Å². The van der Waals surface area contributed by atoms with Crippen molar-refractivity contribution in [1.82, 2.24) is 19.9 Å². The largest absolute Gasteiger partial charge is 0.416 e. The van der Waals surface area contributed by atoms with Crippen molar-refractivity contribution < 1.29 is 18.3 Å². The number of aromatic nitrogens is 4. The maximum Gasteiger partial charge on any atom is 0.416 e. The topological polar surface area (TPSA) is 95.9 Å². The van der Waals surface area contributed by atoms with Gasteiger partial charge >= 0.3 is 6.18 Å². The molecule has 3 N–H and O–H groups in total. The smallest absolute Gasteiger partial charge is 0.396 e. The number of benzene rings is 1. The summed E-state index contributed by atoms with van der Waals surface area (Å²) in [5, 5.41) is 17.0. The lowest BCUT2D eigenvalue weighted by molar-refractivity contribution is -0.137. The van der Waals surface area contributed by atoms with Crippen molar-refractivity contribution in [3.05, 3.63) is 59.5 Å². The van der Waals surface area contributed by atoms with E-state index in [9.17, 15) is 18.3 Å². The fourth-order valence-electron chi connectivity index (χ4n) is 4.46. The number of alkyl halides is 3. The van der Waals surface area contributed by atoms with Crippen molar-refractivity contribution in [3.63, 3.8) is 0 Å². The summed E-state index contributed by atoms with van der Waals surface area (Å²) in [7, 11) is 0. The molecular weight excluding hydrogens is 489 g/mol. The first kappa shape index (κ1) is 24.4. The highest BCUT2D eigenvalue weighted by atomic mass is 32.1. The molecule has 0 aliphatic heterocycles. The van der Waals surface area contributed by atoms with Gasteiger partial charge in [-0.3, -0.25) is 4.98 Å². The molecule has 11 heteroatoms. The van der Waals surface area contributed by atoms with E-state index in [1.165, 1.54) is 23.5 Å². The molecule has 3 aromatic heterocycles. The highest BCUT2D eigenvalue weighted by molar-refractivity contribution is 7.21. The van der Waals surface area contributed by atoms with Crippen LogP contribution in [0.3, 0.4) is 0 Å². The number of halogens is 3. The van der Waals surface area contributed by atoms with E-state index in [0.717, 1.165) is 57.9 Å². The van der Waals surface area contributed by atoms with Crippen LogP contribution in [0.5, 0.6) is 0 Å². The Hall–Kier alpha value is -3.31. The van der Waals surface area contributed by atoms with E-state index in [2.05, 4.69) is 20.6 Å². The molecule has 0 radical (unpaired) electrons. The molecule has 4 aromatic rings. The van der Waals surface area contributed by atoms with E-state index in [0.29, 0.717) is 17.3 Å². The lowest BCUT2D eigenvalue weighted by Crippen LogP contribution is -2.19. The number of fused-ring (bicyclic) bond motifs is 1. The third kappa shape index (κ3) is 5.26. The summed E-state index contributed by atoms with van der Waals surface area (Å²) in [4.78, 5) is 18.3. The zero-order valence-electron chi connectivity index (χ0n) is 19.5. The average Bonchev–Trinajstić information content (AvgIpc) is 3.49. The normalized spacial score (nSPS) is 18.0. The van der Waals surface area contributed by atoms with Crippen LogP contribution >= 0.6 is 11.3 Å². The number of hydrogen-bond donors (Lipinski definition) is 3. The van der Waals surface area contributed by atoms with Gasteiger partial charge in [0.25, 0.3) is 0 Å². The lowest BCUT2D eigenvalue weighted by atomic mass is 10.1. The second-order valence-electron chi connectivity index (χ2n) is 8.97. The van der Waals surface area contributed by atoms with Gasteiger partial charge in [-0.05, 0) is 55.9 Å². The first-order chi connectivity index (χ1) is 17.3. The van der Waals surface area contributed by atoms with E-state index in [4.69, 9.17) is 9.97 Å². The number of pyridine rings is 1. The Balaban J connectivity index is 1.43. The van der Waals surface area contributed by atoms with Crippen LogP contribution in [0.1, 0.15) is 36.1 Å². The van der Waals surface area contributed by atoms with Crippen LogP contribution < -0.4 is 10.6 Å². The second-order valence-corrected chi connectivity index (χ2v) is 10.0. The minimum Gasteiger partial charge on any atom is -0.396 e. The summed E-state index contributed by atoms with van der Waals surface area (Å²) in [6, 6.07) is 7.10. The van der Waals surface area contributed by atoms with Crippen molar-refractivity contribution in [2.45, 2.75) is 44.9 Å². The Morgan fingerprint density at radius 3 is 2.58 bits per heavy atom. The number of aryl methyl sites for hydroxylation is 1. The quantitative estimate of drug-likeness (QED) is 0.293. The maximum absolute atomic E-state index is 12.9. The van der Waals surface area contributed by atoms with E-state index >= 15 is 0 Å². The summed E-state index contributed by atoms with van der Waals surface area (Å²) < 4.78 is 39.6. The van der Waals surface area contributed by atoms with E-state index in [1.54, 1.807) is 12.4 Å². The van der Waals surface area contributed by atoms with Gasteiger partial charge in [-0.1, -0.05) is 12.1 Å². The third-order valence-electron chi connectivity index (χ3n) is 6.37. The molecule has 0 saturated heterocycles. The first-order valence-electron chi connectivity index (χ1n) is 11.7. The van der Waals surface area contributed by atoms with E-state index in [-0.39, 0.29) is 25.1 Å².